The van der Waals surface area contributed by atoms with E-state index in [0.29, 0.717) is 12.5 Å². The monoisotopic (exact) mass is 363 g/mol. The van der Waals surface area contributed by atoms with Gasteiger partial charge in [0.1, 0.15) is 5.52 Å². The highest BCUT2D eigenvalue weighted by Gasteiger charge is 2.19. The first kappa shape index (κ1) is 17.7. The lowest BCUT2D eigenvalue weighted by molar-refractivity contribution is -0.119. The lowest BCUT2D eigenvalue weighted by Crippen LogP contribution is -2.43. The highest BCUT2D eigenvalue weighted by Crippen LogP contribution is 2.19. The Hall–Kier alpha value is -2.66. The molecule has 0 spiro atoms. The van der Waals surface area contributed by atoms with Gasteiger partial charge in [-0.25, -0.2) is 4.98 Å². The number of nitrogens with one attached hydrogen (secondary N) is 1. The standard InChI is InChI=1S/C22H25N3O2/c1-16(26)23-19-10-12-25(13-11-19)15-18-8-6-17(7-9-18)14-22-24-20-4-2-3-5-21(20)27-22/h2-9,19H,10-15H2,1H3,(H,23,26). The van der Waals surface area contributed by atoms with Crippen molar-refractivity contribution >= 4 is 17.0 Å². The maximum atomic E-state index is 11.2. The lowest BCUT2D eigenvalue weighted by Gasteiger charge is -2.32. The number of piperidine rings is 1. The van der Waals surface area contributed by atoms with E-state index in [4.69, 9.17) is 4.42 Å². The van der Waals surface area contributed by atoms with Crippen LogP contribution in [0.3, 0.4) is 0 Å². The normalized spacial score (nSPS) is 15.9. The first-order valence-corrected chi connectivity index (χ1v) is 9.57. The molecule has 0 aliphatic carbocycles. The summed E-state index contributed by atoms with van der Waals surface area (Å²) in [7, 11) is 0. The predicted molar refractivity (Wildman–Crippen MR) is 105 cm³/mol. The minimum atomic E-state index is 0.0722. The van der Waals surface area contributed by atoms with Gasteiger partial charge in [-0.05, 0) is 36.1 Å². The Balaban J connectivity index is 1.32. The molecular formula is C22H25N3O2. The van der Waals surface area contributed by atoms with E-state index in [1.165, 1.54) is 11.1 Å². The number of oxazole rings is 1. The van der Waals surface area contributed by atoms with Crippen molar-refractivity contribution in [1.82, 2.24) is 15.2 Å². The van der Waals surface area contributed by atoms with E-state index in [-0.39, 0.29) is 5.91 Å². The van der Waals surface area contributed by atoms with Gasteiger partial charge in [0.05, 0.1) is 0 Å². The van der Waals surface area contributed by atoms with Gasteiger partial charge in [-0.2, -0.15) is 0 Å². The number of amides is 1. The number of benzene rings is 2. The van der Waals surface area contributed by atoms with Crippen LogP contribution in [-0.4, -0.2) is 34.9 Å². The summed E-state index contributed by atoms with van der Waals surface area (Å²) in [6, 6.07) is 16.9. The molecule has 2 heterocycles. The highest BCUT2D eigenvalue weighted by atomic mass is 16.3. The molecule has 2 aromatic carbocycles. The van der Waals surface area contributed by atoms with Crippen molar-refractivity contribution < 1.29 is 9.21 Å². The molecule has 0 radical (unpaired) electrons. The van der Waals surface area contributed by atoms with Crippen LogP contribution in [0.15, 0.2) is 52.9 Å². The fraction of sp³-hybridized carbons (Fsp3) is 0.364. The summed E-state index contributed by atoms with van der Waals surface area (Å²) in [5, 5.41) is 3.03. The zero-order valence-corrected chi connectivity index (χ0v) is 15.6. The molecule has 0 bridgehead atoms. The molecule has 1 aliphatic heterocycles. The SMILES string of the molecule is CC(=O)NC1CCN(Cc2ccc(Cc3nc4ccccc4o3)cc2)CC1. The first-order valence-electron chi connectivity index (χ1n) is 9.57. The van der Waals surface area contributed by atoms with Gasteiger partial charge < -0.3 is 9.73 Å². The minimum Gasteiger partial charge on any atom is -0.440 e. The average Bonchev–Trinajstić information content (AvgIpc) is 3.07. The fourth-order valence-electron chi connectivity index (χ4n) is 3.71. The number of likely N-dealkylation sites (tertiary alicyclic amines) is 1. The van der Waals surface area contributed by atoms with Crippen molar-refractivity contribution in [3.05, 3.63) is 65.5 Å². The smallest absolute Gasteiger partial charge is 0.217 e. The molecule has 1 aromatic heterocycles. The molecule has 3 aromatic rings. The van der Waals surface area contributed by atoms with Crippen LogP contribution in [0.25, 0.3) is 11.1 Å². The maximum Gasteiger partial charge on any atom is 0.217 e. The van der Waals surface area contributed by atoms with E-state index in [2.05, 4.69) is 39.5 Å². The zero-order chi connectivity index (χ0) is 18.6. The molecule has 0 unspecified atom stereocenters. The molecule has 1 fully saturated rings. The number of fused-ring (bicyclic) bond motifs is 1. The van der Waals surface area contributed by atoms with Gasteiger partial charge >= 0.3 is 0 Å². The van der Waals surface area contributed by atoms with Crippen LogP contribution in [-0.2, 0) is 17.8 Å². The second kappa shape index (κ2) is 7.92. The van der Waals surface area contributed by atoms with Crippen molar-refractivity contribution in [2.24, 2.45) is 0 Å². The number of nitrogens with zero attached hydrogens (tertiary/aromatic N) is 2. The molecule has 27 heavy (non-hydrogen) atoms. The Morgan fingerprint density at radius 3 is 2.52 bits per heavy atom. The zero-order valence-electron chi connectivity index (χ0n) is 15.6. The quantitative estimate of drug-likeness (QED) is 0.753. The number of para-hydroxylation sites is 2. The third kappa shape index (κ3) is 4.55. The summed E-state index contributed by atoms with van der Waals surface area (Å²) < 4.78 is 5.81. The van der Waals surface area contributed by atoms with E-state index in [1.807, 2.05) is 24.3 Å². The molecule has 4 rings (SSSR count). The summed E-state index contributed by atoms with van der Waals surface area (Å²) in [5.74, 6) is 0.826. The van der Waals surface area contributed by atoms with E-state index < -0.39 is 0 Å². The number of rotatable bonds is 5. The molecule has 1 N–H and O–H groups in total. The van der Waals surface area contributed by atoms with E-state index in [9.17, 15) is 4.79 Å². The maximum absolute atomic E-state index is 11.2. The number of hydrogen-bond donors (Lipinski definition) is 1. The van der Waals surface area contributed by atoms with Gasteiger partial charge in [0.2, 0.25) is 5.91 Å². The fourth-order valence-corrected chi connectivity index (χ4v) is 3.71. The summed E-state index contributed by atoms with van der Waals surface area (Å²) in [5.41, 5.74) is 4.27. The molecule has 0 atom stereocenters. The van der Waals surface area contributed by atoms with Crippen molar-refractivity contribution in [2.75, 3.05) is 13.1 Å². The second-order valence-electron chi connectivity index (χ2n) is 7.32. The largest absolute Gasteiger partial charge is 0.440 e. The molecular weight excluding hydrogens is 338 g/mol. The second-order valence-corrected chi connectivity index (χ2v) is 7.32. The van der Waals surface area contributed by atoms with Crippen LogP contribution >= 0.6 is 0 Å². The summed E-state index contributed by atoms with van der Waals surface area (Å²) in [4.78, 5) is 18.2. The van der Waals surface area contributed by atoms with Crippen molar-refractivity contribution in [2.45, 2.75) is 38.8 Å². The average molecular weight is 363 g/mol. The van der Waals surface area contributed by atoms with Crippen LogP contribution < -0.4 is 5.32 Å². The Bertz CT molecular complexity index is 876. The van der Waals surface area contributed by atoms with Crippen LogP contribution in [0.5, 0.6) is 0 Å². The summed E-state index contributed by atoms with van der Waals surface area (Å²) in [6.07, 6.45) is 2.75. The van der Waals surface area contributed by atoms with Crippen molar-refractivity contribution in [1.29, 1.82) is 0 Å². The highest BCUT2D eigenvalue weighted by molar-refractivity contribution is 5.73. The van der Waals surface area contributed by atoms with Gasteiger partial charge in [0.15, 0.2) is 11.5 Å². The number of hydrogen-bond acceptors (Lipinski definition) is 4. The van der Waals surface area contributed by atoms with Gasteiger partial charge in [-0.1, -0.05) is 36.4 Å². The van der Waals surface area contributed by atoms with E-state index in [0.717, 1.165) is 49.5 Å². The van der Waals surface area contributed by atoms with Crippen LogP contribution in [0.1, 0.15) is 36.8 Å². The summed E-state index contributed by atoms with van der Waals surface area (Å²) in [6.45, 7) is 4.59. The Labute approximate surface area is 159 Å². The number of carbonyl (C=O) groups is 1. The number of carbonyl (C=O) groups excluding carboxylic acids is 1. The molecule has 1 saturated heterocycles. The van der Waals surface area contributed by atoms with Crippen molar-refractivity contribution in [3.63, 3.8) is 0 Å². The Kier molecular flexibility index (Phi) is 5.21. The lowest BCUT2D eigenvalue weighted by atomic mass is 10.0. The van der Waals surface area contributed by atoms with Gasteiger partial charge in [-0.3, -0.25) is 9.69 Å². The van der Waals surface area contributed by atoms with Crippen molar-refractivity contribution in [3.8, 4) is 0 Å². The minimum absolute atomic E-state index is 0.0722. The topological polar surface area (TPSA) is 58.4 Å². The Morgan fingerprint density at radius 2 is 1.81 bits per heavy atom. The molecule has 5 heteroatoms. The van der Waals surface area contributed by atoms with Gasteiger partial charge in [0.25, 0.3) is 0 Å². The van der Waals surface area contributed by atoms with E-state index in [1.54, 1.807) is 6.92 Å². The predicted octanol–water partition coefficient (Wildman–Crippen LogP) is 3.52. The Morgan fingerprint density at radius 1 is 1.11 bits per heavy atom. The molecule has 1 aliphatic rings. The van der Waals surface area contributed by atoms with Gasteiger partial charge in [0, 0.05) is 39.0 Å². The van der Waals surface area contributed by atoms with Crippen LogP contribution in [0.4, 0.5) is 0 Å². The van der Waals surface area contributed by atoms with Crippen LogP contribution in [0, 0.1) is 0 Å². The first-order chi connectivity index (χ1) is 13.2. The van der Waals surface area contributed by atoms with Gasteiger partial charge in [-0.15, -0.1) is 0 Å². The third-order valence-electron chi connectivity index (χ3n) is 5.12. The third-order valence-corrected chi connectivity index (χ3v) is 5.12. The molecule has 5 nitrogen and oxygen atoms in total. The van der Waals surface area contributed by atoms with E-state index >= 15 is 0 Å². The molecule has 0 saturated carbocycles. The summed E-state index contributed by atoms with van der Waals surface area (Å²) >= 11 is 0. The number of aromatic nitrogens is 1. The molecule has 1 amide bonds. The van der Waals surface area contributed by atoms with Crippen LogP contribution in [0.2, 0.25) is 0 Å². The molecule has 140 valence electrons.